The Kier molecular flexibility index (Phi) is 5.92. The third kappa shape index (κ3) is 3.84. The Morgan fingerprint density at radius 2 is 1.88 bits per heavy atom. The smallest absolute Gasteiger partial charge is 0.310 e. The lowest BCUT2D eigenvalue weighted by Gasteiger charge is -2.42. The topological polar surface area (TPSA) is 67.7 Å². The van der Waals surface area contributed by atoms with Gasteiger partial charge in [0, 0.05) is 37.1 Å². The Morgan fingerprint density at radius 3 is 2.56 bits per heavy atom. The molecular formula is C23H24F2N4O3. The molecule has 0 radical (unpaired) electrons. The van der Waals surface area contributed by atoms with Gasteiger partial charge in [0.15, 0.2) is 11.6 Å². The largest absolute Gasteiger partial charge is 0.469 e. The average Bonchev–Trinajstić information content (AvgIpc) is 2.79. The Bertz CT molecular complexity index is 1230. The quantitative estimate of drug-likeness (QED) is 0.579. The third-order valence-corrected chi connectivity index (χ3v) is 6.07. The molecule has 2 unspecified atom stereocenters. The lowest BCUT2D eigenvalue weighted by Crippen LogP contribution is -2.56. The van der Waals surface area contributed by atoms with Gasteiger partial charge >= 0.3 is 5.97 Å². The van der Waals surface area contributed by atoms with Crippen molar-refractivity contribution in [1.29, 1.82) is 0 Å². The van der Waals surface area contributed by atoms with Crippen LogP contribution >= 0.6 is 0 Å². The number of fused-ring (bicyclic) bond motifs is 1. The fourth-order valence-electron chi connectivity index (χ4n) is 4.20. The number of benzene rings is 2. The summed E-state index contributed by atoms with van der Waals surface area (Å²) in [6.45, 7) is 3.54. The van der Waals surface area contributed by atoms with Crippen molar-refractivity contribution in [3.05, 3.63) is 64.5 Å². The van der Waals surface area contributed by atoms with Crippen LogP contribution in [0.4, 0.5) is 14.6 Å². The summed E-state index contributed by atoms with van der Waals surface area (Å²) in [5.74, 6) is -1.80. The second-order valence-corrected chi connectivity index (χ2v) is 7.99. The summed E-state index contributed by atoms with van der Waals surface area (Å²) in [5.41, 5.74) is -0.625. The molecule has 1 aliphatic rings. The van der Waals surface area contributed by atoms with E-state index in [1.165, 1.54) is 13.2 Å². The van der Waals surface area contributed by atoms with E-state index in [9.17, 15) is 18.4 Å². The van der Waals surface area contributed by atoms with Gasteiger partial charge in [-0.05, 0) is 25.2 Å². The summed E-state index contributed by atoms with van der Waals surface area (Å²) in [7, 11) is 3.31. The van der Waals surface area contributed by atoms with E-state index in [2.05, 4.69) is 10.00 Å². The van der Waals surface area contributed by atoms with Crippen LogP contribution in [0.2, 0.25) is 0 Å². The fourth-order valence-corrected chi connectivity index (χ4v) is 4.20. The van der Waals surface area contributed by atoms with Gasteiger partial charge in [-0.1, -0.05) is 25.1 Å². The normalized spacial score (nSPS) is 18.0. The first-order chi connectivity index (χ1) is 15.3. The van der Waals surface area contributed by atoms with Crippen molar-refractivity contribution in [2.75, 3.05) is 38.7 Å². The van der Waals surface area contributed by atoms with Crippen LogP contribution in [-0.4, -0.2) is 60.5 Å². The molecule has 2 aromatic carbocycles. The van der Waals surface area contributed by atoms with Gasteiger partial charge in [0.2, 0.25) is 0 Å². The van der Waals surface area contributed by atoms with Gasteiger partial charge in [0.1, 0.15) is 11.5 Å². The molecule has 2 heterocycles. The fraction of sp³-hybridized carbons (Fsp3) is 0.348. The van der Waals surface area contributed by atoms with E-state index in [0.717, 1.165) is 16.8 Å². The van der Waals surface area contributed by atoms with Crippen LogP contribution in [0.1, 0.15) is 6.92 Å². The molecule has 1 fully saturated rings. The first kappa shape index (κ1) is 21.9. The molecule has 1 aliphatic heterocycles. The van der Waals surface area contributed by atoms with Gasteiger partial charge in [0.25, 0.3) is 5.56 Å². The van der Waals surface area contributed by atoms with Crippen LogP contribution in [0.15, 0.2) is 47.3 Å². The van der Waals surface area contributed by atoms with Crippen LogP contribution in [0.25, 0.3) is 16.5 Å². The zero-order chi connectivity index (χ0) is 23.0. The van der Waals surface area contributed by atoms with Gasteiger partial charge in [-0.25, -0.2) is 8.78 Å². The molecule has 3 aromatic rings. The number of hydrogen-bond acceptors (Lipinski definition) is 6. The lowest BCUT2D eigenvalue weighted by atomic mass is 9.98. The highest BCUT2D eigenvalue weighted by Gasteiger charge is 2.34. The van der Waals surface area contributed by atoms with Crippen molar-refractivity contribution in [2.45, 2.75) is 13.0 Å². The SMILES string of the molecule is COC(=O)C(C)C1CN(c2nn(-c3ccc(F)cc3F)c(=O)c3ccccc23)CCN1C. The Labute approximate surface area is 183 Å². The van der Waals surface area contributed by atoms with Gasteiger partial charge in [-0.3, -0.25) is 14.5 Å². The van der Waals surface area contributed by atoms with E-state index in [-0.39, 0.29) is 23.6 Å². The summed E-state index contributed by atoms with van der Waals surface area (Å²) < 4.78 is 33.9. The summed E-state index contributed by atoms with van der Waals surface area (Å²) in [6, 6.07) is 9.86. The van der Waals surface area contributed by atoms with E-state index >= 15 is 0 Å². The zero-order valence-corrected chi connectivity index (χ0v) is 18.1. The van der Waals surface area contributed by atoms with Crippen molar-refractivity contribution in [2.24, 2.45) is 5.92 Å². The number of aromatic nitrogens is 2. The predicted molar refractivity (Wildman–Crippen MR) is 117 cm³/mol. The van der Waals surface area contributed by atoms with E-state index < -0.39 is 17.2 Å². The maximum atomic E-state index is 14.5. The minimum atomic E-state index is -0.878. The molecule has 0 N–H and O–H groups in total. The van der Waals surface area contributed by atoms with Crippen molar-refractivity contribution in [3.8, 4) is 5.69 Å². The van der Waals surface area contributed by atoms with Gasteiger partial charge < -0.3 is 9.64 Å². The highest BCUT2D eigenvalue weighted by atomic mass is 19.1. The molecule has 0 spiro atoms. The molecule has 7 nitrogen and oxygen atoms in total. The van der Waals surface area contributed by atoms with E-state index in [1.54, 1.807) is 24.3 Å². The van der Waals surface area contributed by atoms with Crippen molar-refractivity contribution >= 4 is 22.6 Å². The second kappa shape index (κ2) is 8.66. The summed E-state index contributed by atoms with van der Waals surface area (Å²) >= 11 is 0. The number of methoxy groups -OCH3 is 1. The van der Waals surface area contributed by atoms with Crippen molar-refractivity contribution < 1.29 is 18.3 Å². The number of rotatable bonds is 4. The lowest BCUT2D eigenvalue weighted by molar-refractivity contribution is -0.147. The van der Waals surface area contributed by atoms with E-state index in [4.69, 9.17) is 4.74 Å². The summed E-state index contributed by atoms with van der Waals surface area (Å²) in [4.78, 5) is 29.3. The maximum Gasteiger partial charge on any atom is 0.310 e. The first-order valence-electron chi connectivity index (χ1n) is 10.3. The number of piperazine rings is 1. The monoisotopic (exact) mass is 442 g/mol. The van der Waals surface area contributed by atoms with E-state index in [1.807, 2.05) is 18.9 Å². The molecule has 0 aliphatic carbocycles. The summed E-state index contributed by atoms with van der Waals surface area (Å²) in [6.07, 6.45) is 0. The minimum Gasteiger partial charge on any atom is -0.469 e. The van der Waals surface area contributed by atoms with Crippen LogP contribution in [0.5, 0.6) is 0 Å². The van der Waals surface area contributed by atoms with Gasteiger partial charge in [-0.2, -0.15) is 4.68 Å². The van der Waals surface area contributed by atoms with Gasteiger partial charge in [-0.15, -0.1) is 5.10 Å². The van der Waals surface area contributed by atoms with Crippen LogP contribution in [0.3, 0.4) is 0 Å². The second-order valence-electron chi connectivity index (χ2n) is 7.99. The van der Waals surface area contributed by atoms with Crippen LogP contribution < -0.4 is 10.5 Å². The molecule has 0 bridgehead atoms. The Balaban J connectivity index is 1.84. The number of carbonyl (C=O) groups is 1. The number of likely N-dealkylation sites (N-methyl/N-ethyl adjacent to an activating group) is 1. The van der Waals surface area contributed by atoms with Crippen LogP contribution in [-0.2, 0) is 9.53 Å². The summed E-state index contributed by atoms with van der Waals surface area (Å²) in [5, 5.41) is 5.50. The zero-order valence-electron chi connectivity index (χ0n) is 18.1. The number of halogens is 2. The van der Waals surface area contributed by atoms with Crippen molar-refractivity contribution in [1.82, 2.24) is 14.7 Å². The molecular weight excluding hydrogens is 418 g/mol. The molecule has 168 valence electrons. The standard InChI is InChI=1S/C23H24F2N4O3/c1-14(23(31)32-3)20-13-28(11-10-27(20)2)21-16-6-4-5-7-17(16)22(30)29(26-21)19-9-8-15(24)12-18(19)25/h4-9,12,14,20H,10-11,13H2,1-3H3. The molecule has 1 saturated heterocycles. The highest BCUT2D eigenvalue weighted by Crippen LogP contribution is 2.27. The number of nitrogens with zero attached hydrogens (tertiary/aromatic N) is 4. The minimum absolute atomic E-state index is 0.128. The average molecular weight is 442 g/mol. The third-order valence-electron chi connectivity index (χ3n) is 6.07. The molecule has 2 atom stereocenters. The molecule has 0 saturated carbocycles. The Morgan fingerprint density at radius 1 is 1.16 bits per heavy atom. The number of anilines is 1. The number of carbonyl (C=O) groups excluding carboxylic acids is 1. The molecule has 32 heavy (non-hydrogen) atoms. The molecule has 9 heteroatoms. The van der Waals surface area contributed by atoms with E-state index in [0.29, 0.717) is 36.2 Å². The molecule has 4 rings (SSSR count). The van der Waals surface area contributed by atoms with Crippen LogP contribution in [0, 0.1) is 17.6 Å². The highest BCUT2D eigenvalue weighted by molar-refractivity contribution is 5.91. The van der Waals surface area contributed by atoms with Crippen molar-refractivity contribution in [3.63, 3.8) is 0 Å². The molecule has 1 aromatic heterocycles. The Hall–Kier alpha value is -3.33. The predicted octanol–water partition coefficient (Wildman–Crippen LogP) is 2.59. The number of hydrogen-bond donors (Lipinski definition) is 0. The number of ether oxygens (including phenoxy) is 1. The number of esters is 1. The molecule has 0 amide bonds. The maximum absolute atomic E-state index is 14.5. The van der Waals surface area contributed by atoms with Gasteiger partial charge in [0.05, 0.1) is 18.4 Å². The first-order valence-corrected chi connectivity index (χ1v) is 10.3.